The minimum atomic E-state index is -1.08. The van der Waals surface area contributed by atoms with E-state index in [0.29, 0.717) is 11.7 Å². The van der Waals surface area contributed by atoms with Crippen LogP contribution in [0.5, 0.6) is 0 Å². The molecule has 1 aromatic rings. The number of rotatable bonds is 1. The smallest absolute Gasteiger partial charge is 0.198 e. The van der Waals surface area contributed by atoms with Gasteiger partial charge in [-0.05, 0) is 34.8 Å². The highest BCUT2D eigenvalue weighted by molar-refractivity contribution is 9.10. The summed E-state index contributed by atoms with van der Waals surface area (Å²) < 4.78 is 7.02. The predicted molar refractivity (Wildman–Crippen MR) is 90.3 cm³/mol. The molecule has 0 saturated carbocycles. The van der Waals surface area contributed by atoms with Gasteiger partial charge in [-0.15, -0.1) is 11.8 Å². The summed E-state index contributed by atoms with van der Waals surface area (Å²) >= 11 is 5.29. The summed E-state index contributed by atoms with van der Waals surface area (Å²) in [4.78, 5) is 13.8. The van der Waals surface area contributed by atoms with Crippen LogP contribution in [0.1, 0.15) is 32.8 Å². The van der Waals surface area contributed by atoms with Crippen LogP contribution >= 0.6 is 27.7 Å². The Morgan fingerprint density at radius 2 is 2.23 bits per heavy atom. The maximum Gasteiger partial charge on any atom is 0.198 e. The highest BCUT2D eigenvalue weighted by Crippen LogP contribution is 2.51. The topological polar surface area (TPSA) is 50.1 Å². The molecule has 22 heavy (non-hydrogen) atoms. The fourth-order valence-electron chi connectivity index (χ4n) is 2.86. The van der Waals surface area contributed by atoms with Gasteiger partial charge in [-0.25, -0.2) is 0 Å². The largest absolute Gasteiger partial charge is 0.471 e. The summed E-state index contributed by atoms with van der Waals surface area (Å²) in [6.45, 7) is 5.89. The molecule has 0 N–H and O–H groups in total. The molecule has 0 bridgehead atoms. The predicted octanol–water partition coefficient (Wildman–Crippen LogP) is 4.56. The number of hydrogen-bond donors (Lipinski definition) is 0. The highest BCUT2D eigenvalue weighted by Gasteiger charge is 2.45. The summed E-state index contributed by atoms with van der Waals surface area (Å²) in [5.74, 6) is 0.922. The molecule has 0 fully saturated rings. The van der Waals surface area contributed by atoms with E-state index in [9.17, 15) is 10.1 Å². The lowest BCUT2D eigenvalue weighted by Crippen LogP contribution is -2.39. The third-order valence-electron chi connectivity index (χ3n) is 3.95. The van der Waals surface area contributed by atoms with Crippen molar-refractivity contribution in [3.63, 3.8) is 0 Å². The van der Waals surface area contributed by atoms with Crippen molar-refractivity contribution in [1.82, 2.24) is 0 Å². The molecule has 3 rings (SSSR count). The van der Waals surface area contributed by atoms with Crippen molar-refractivity contribution in [3.05, 3.63) is 33.8 Å². The minimum absolute atomic E-state index is 0.0297. The zero-order valence-electron chi connectivity index (χ0n) is 12.6. The number of ketones is 1. The number of hydrogen-bond acceptors (Lipinski definition) is 4. The number of nitriles is 1. The van der Waals surface area contributed by atoms with E-state index in [-0.39, 0.29) is 17.5 Å². The van der Waals surface area contributed by atoms with Gasteiger partial charge in [0.1, 0.15) is 11.8 Å². The molecule has 3 nitrogen and oxygen atoms in total. The molecule has 2 aliphatic heterocycles. The van der Waals surface area contributed by atoms with Crippen LogP contribution in [0.3, 0.4) is 0 Å². The van der Waals surface area contributed by atoms with Crippen molar-refractivity contribution in [2.75, 3.05) is 0 Å². The van der Waals surface area contributed by atoms with Crippen LogP contribution in [0.25, 0.3) is 5.76 Å². The van der Waals surface area contributed by atoms with E-state index in [2.05, 4.69) is 35.8 Å². The summed E-state index contributed by atoms with van der Waals surface area (Å²) in [5.41, 5.74) is 0.554. The van der Waals surface area contributed by atoms with Gasteiger partial charge < -0.3 is 4.74 Å². The van der Waals surface area contributed by atoms with Crippen LogP contribution < -0.4 is 0 Å². The number of Topliss-reactive ketones (excluding diaryl/α,β-unsaturated/α-hetero) is 1. The first kappa shape index (κ1) is 15.6. The monoisotopic (exact) mass is 377 g/mol. The van der Waals surface area contributed by atoms with Crippen molar-refractivity contribution in [2.45, 2.75) is 42.9 Å². The first-order chi connectivity index (χ1) is 10.4. The quantitative estimate of drug-likeness (QED) is 0.719. The first-order valence-corrected chi connectivity index (χ1v) is 8.87. The van der Waals surface area contributed by atoms with Gasteiger partial charge in [0.25, 0.3) is 0 Å². The first-order valence-electron chi connectivity index (χ1n) is 7.19. The Morgan fingerprint density at radius 3 is 2.86 bits per heavy atom. The van der Waals surface area contributed by atoms with Gasteiger partial charge in [0.05, 0.1) is 12.0 Å². The number of ether oxygens (including phenoxy) is 1. The molecule has 2 heterocycles. The third-order valence-corrected chi connectivity index (χ3v) is 6.59. The summed E-state index contributed by atoms with van der Waals surface area (Å²) in [6.07, 6.45) is 0.120. The molecular formula is C17H16BrNO2S. The second-order valence-electron chi connectivity index (χ2n) is 6.19. The molecule has 2 unspecified atom stereocenters. The lowest BCUT2D eigenvalue weighted by atomic mass is 9.86. The second kappa shape index (κ2) is 5.43. The van der Waals surface area contributed by atoms with Gasteiger partial charge in [-0.3, -0.25) is 4.79 Å². The van der Waals surface area contributed by atoms with Gasteiger partial charge in [0.2, 0.25) is 0 Å². The maximum absolute atomic E-state index is 12.7. The van der Waals surface area contributed by atoms with Crippen molar-refractivity contribution in [1.29, 1.82) is 5.26 Å². The number of fused-ring (bicyclic) bond motifs is 2. The molecule has 0 amide bonds. The lowest BCUT2D eigenvalue weighted by molar-refractivity contribution is -0.120. The average Bonchev–Trinajstić information content (AvgIpc) is 2.46. The molecule has 0 aromatic heterocycles. The Bertz CT molecular complexity index is 735. The summed E-state index contributed by atoms with van der Waals surface area (Å²) in [5, 5.41) is 9.42. The molecule has 0 saturated heterocycles. The molecule has 0 radical (unpaired) electrons. The van der Waals surface area contributed by atoms with Crippen LogP contribution in [0, 0.1) is 17.2 Å². The average molecular weight is 378 g/mol. The van der Waals surface area contributed by atoms with Crippen molar-refractivity contribution in [3.8, 4) is 6.07 Å². The van der Waals surface area contributed by atoms with Crippen LogP contribution in [0.4, 0.5) is 0 Å². The fraction of sp³-hybridized carbons (Fsp3) is 0.412. The highest BCUT2D eigenvalue weighted by atomic mass is 79.9. The van der Waals surface area contributed by atoms with Gasteiger partial charge in [-0.1, -0.05) is 26.0 Å². The lowest BCUT2D eigenvalue weighted by Gasteiger charge is -2.38. The van der Waals surface area contributed by atoms with E-state index in [4.69, 9.17) is 4.74 Å². The molecule has 2 aliphatic rings. The Kier molecular flexibility index (Phi) is 3.86. The maximum atomic E-state index is 12.7. The molecular weight excluding hydrogens is 362 g/mol. The van der Waals surface area contributed by atoms with Crippen molar-refractivity contribution in [2.24, 2.45) is 5.92 Å². The van der Waals surface area contributed by atoms with Gasteiger partial charge in [-0.2, -0.15) is 5.26 Å². The molecule has 5 heteroatoms. The number of thioether (sulfide) groups is 1. The van der Waals surface area contributed by atoms with Crippen molar-refractivity contribution < 1.29 is 9.53 Å². The number of carbonyl (C=O) groups is 1. The van der Waals surface area contributed by atoms with Gasteiger partial charge in [0.15, 0.2) is 11.4 Å². The van der Waals surface area contributed by atoms with E-state index >= 15 is 0 Å². The SMILES string of the molecule is CC(C)C1Sc2c(Br)cccc2C2=C1C(=O)CC(C)(C#N)O2. The van der Waals surface area contributed by atoms with E-state index < -0.39 is 5.60 Å². The van der Waals surface area contributed by atoms with Gasteiger partial charge >= 0.3 is 0 Å². The molecule has 0 aliphatic carbocycles. The standard InChI is InChI=1S/C17H16BrNO2S/c1-9(2)15-13-12(20)7-17(3,8-19)21-14(13)10-5-4-6-11(18)16(10)22-15/h4-6,9,15H,7H2,1-3H3. The third kappa shape index (κ3) is 2.39. The van der Waals surface area contributed by atoms with Gasteiger partial charge in [0, 0.05) is 20.2 Å². The number of carbonyl (C=O) groups excluding carboxylic acids is 1. The Labute approximate surface area is 142 Å². The van der Waals surface area contributed by atoms with Crippen LogP contribution in [0.2, 0.25) is 0 Å². The number of nitrogens with zero attached hydrogens (tertiary/aromatic N) is 1. The summed E-state index contributed by atoms with van der Waals surface area (Å²) in [6, 6.07) is 8.01. The normalized spacial score (nSPS) is 27.1. The number of halogens is 1. The zero-order valence-corrected chi connectivity index (χ0v) is 15.0. The summed E-state index contributed by atoms with van der Waals surface area (Å²) in [7, 11) is 0. The molecule has 1 aromatic carbocycles. The van der Waals surface area contributed by atoms with Crippen LogP contribution in [-0.4, -0.2) is 16.6 Å². The van der Waals surface area contributed by atoms with Crippen LogP contribution in [0.15, 0.2) is 33.1 Å². The molecule has 114 valence electrons. The van der Waals surface area contributed by atoms with E-state index in [1.807, 2.05) is 18.2 Å². The zero-order chi connectivity index (χ0) is 16.1. The van der Waals surface area contributed by atoms with E-state index in [1.165, 1.54) is 0 Å². The Morgan fingerprint density at radius 1 is 1.50 bits per heavy atom. The second-order valence-corrected chi connectivity index (χ2v) is 8.19. The van der Waals surface area contributed by atoms with E-state index in [1.54, 1.807) is 18.7 Å². The Hall–Kier alpha value is -1.25. The molecule has 0 spiro atoms. The fourth-order valence-corrected chi connectivity index (χ4v) is 4.85. The van der Waals surface area contributed by atoms with E-state index in [0.717, 1.165) is 20.5 Å². The minimum Gasteiger partial charge on any atom is -0.471 e. The van der Waals surface area contributed by atoms with Crippen molar-refractivity contribution >= 4 is 39.2 Å². The molecule has 2 atom stereocenters. The van der Waals surface area contributed by atoms with Crippen LogP contribution in [-0.2, 0) is 9.53 Å². The number of benzene rings is 1. The Balaban J connectivity index is 2.25.